The van der Waals surface area contributed by atoms with Crippen molar-refractivity contribution in [3.63, 3.8) is 0 Å². The maximum atomic E-state index is 12.0. The third-order valence-corrected chi connectivity index (χ3v) is 5.31. The number of methoxy groups -OCH3 is 1. The molecular weight excluding hydrogens is 342 g/mol. The number of aromatic nitrogens is 2. The number of aryl methyl sites for hydroxylation is 1. The van der Waals surface area contributed by atoms with Crippen molar-refractivity contribution in [2.75, 3.05) is 12.9 Å². The fourth-order valence-electron chi connectivity index (χ4n) is 2.74. The molecule has 25 heavy (non-hydrogen) atoms. The molecule has 1 saturated heterocycles. The molecule has 1 aromatic heterocycles. The first-order valence-corrected chi connectivity index (χ1v) is 8.96. The maximum Gasteiger partial charge on any atom is 0.330 e. The van der Waals surface area contributed by atoms with E-state index in [0.717, 1.165) is 10.6 Å². The average molecular weight is 363 g/mol. The van der Waals surface area contributed by atoms with Crippen LogP contribution < -0.4 is 21.7 Å². The van der Waals surface area contributed by atoms with Gasteiger partial charge in [0.2, 0.25) is 0 Å². The summed E-state index contributed by atoms with van der Waals surface area (Å²) in [5.74, 6) is 1.49. The van der Waals surface area contributed by atoms with Gasteiger partial charge in [-0.3, -0.25) is 14.3 Å². The minimum absolute atomic E-state index is 0.170. The van der Waals surface area contributed by atoms with Gasteiger partial charge in [-0.05, 0) is 31.2 Å². The molecule has 1 aliphatic heterocycles. The SMILES string of the molecule is COc1ccc(SC[C@H]2O[C@@H](n3cc(C)c(=O)[nH]c3=O)C[C@@H]2N)cc1. The third-order valence-electron chi connectivity index (χ3n) is 4.21. The first kappa shape index (κ1) is 17.8. The van der Waals surface area contributed by atoms with E-state index in [0.29, 0.717) is 17.7 Å². The van der Waals surface area contributed by atoms with Crippen LogP contribution >= 0.6 is 11.8 Å². The number of nitrogens with two attached hydrogens (primary N) is 1. The highest BCUT2D eigenvalue weighted by Crippen LogP contribution is 2.31. The second-order valence-corrected chi connectivity index (χ2v) is 7.09. The predicted molar refractivity (Wildman–Crippen MR) is 96.3 cm³/mol. The van der Waals surface area contributed by atoms with Crippen molar-refractivity contribution in [1.29, 1.82) is 0 Å². The zero-order valence-corrected chi connectivity index (χ0v) is 14.9. The molecule has 0 spiro atoms. The summed E-state index contributed by atoms with van der Waals surface area (Å²) in [5.41, 5.74) is 5.80. The molecular formula is C17H21N3O4S. The predicted octanol–water partition coefficient (Wildman–Crippen LogP) is 1.26. The van der Waals surface area contributed by atoms with Gasteiger partial charge in [0.05, 0.1) is 13.2 Å². The molecule has 3 atom stereocenters. The minimum Gasteiger partial charge on any atom is -0.497 e. The molecule has 0 amide bonds. The van der Waals surface area contributed by atoms with Crippen molar-refractivity contribution in [2.24, 2.45) is 5.73 Å². The molecule has 0 saturated carbocycles. The van der Waals surface area contributed by atoms with Crippen LogP contribution in [-0.2, 0) is 4.74 Å². The summed E-state index contributed by atoms with van der Waals surface area (Å²) in [4.78, 5) is 26.9. The van der Waals surface area contributed by atoms with Gasteiger partial charge in [0, 0.05) is 34.9 Å². The number of aromatic amines is 1. The first-order valence-electron chi connectivity index (χ1n) is 7.98. The van der Waals surface area contributed by atoms with E-state index >= 15 is 0 Å². The number of hydrogen-bond donors (Lipinski definition) is 2. The Morgan fingerprint density at radius 3 is 2.76 bits per heavy atom. The Morgan fingerprint density at radius 1 is 1.36 bits per heavy atom. The molecule has 8 heteroatoms. The van der Waals surface area contributed by atoms with E-state index in [2.05, 4.69) is 4.98 Å². The number of thioether (sulfide) groups is 1. The summed E-state index contributed by atoms with van der Waals surface area (Å²) in [6.45, 7) is 1.65. The summed E-state index contributed by atoms with van der Waals surface area (Å²) in [7, 11) is 1.63. The van der Waals surface area contributed by atoms with Gasteiger partial charge in [0.25, 0.3) is 5.56 Å². The van der Waals surface area contributed by atoms with Crippen LogP contribution in [0.25, 0.3) is 0 Å². The van der Waals surface area contributed by atoms with Crippen molar-refractivity contribution < 1.29 is 9.47 Å². The zero-order valence-electron chi connectivity index (χ0n) is 14.1. The zero-order chi connectivity index (χ0) is 18.0. The van der Waals surface area contributed by atoms with Crippen molar-refractivity contribution in [3.8, 4) is 5.75 Å². The highest BCUT2D eigenvalue weighted by molar-refractivity contribution is 7.99. The van der Waals surface area contributed by atoms with E-state index in [1.807, 2.05) is 24.3 Å². The molecule has 0 bridgehead atoms. The lowest BCUT2D eigenvalue weighted by Gasteiger charge is -2.16. The summed E-state index contributed by atoms with van der Waals surface area (Å²) >= 11 is 1.64. The van der Waals surface area contributed by atoms with Crippen molar-refractivity contribution in [3.05, 3.63) is 56.9 Å². The Morgan fingerprint density at radius 2 is 2.08 bits per heavy atom. The lowest BCUT2D eigenvalue weighted by Crippen LogP contribution is -2.33. The number of ether oxygens (including phenoxy) is 2. The van der Waals surface area contributed by atoms with Gasteiger partial charge in [-0.2, -0.15) is 0 Å². The Labute approximate surface area is 149 Å². The van der Waals surface area contributed by atoms with Crippen LogP contribution in [-0.4, -0.2) is 34.6 Å². The number of benzene rings is 1. The van der Waals surface area contributed by atoms with Gasteiger partial charge in [0.1, 0.15) is 12.0 Å². The Kier molecular flexibility index (Phi) is 5.31. The lowest BCUT2D eigenvalue weighted by atomic mass is 10.1. The van der Waals surface area contributed by atoms with Gasteiger partial charge in [-0.15, -0.1) is 11.8 Å². The number of hydrogen-bond acceptors (Lipinski definition) is 6. The number of nitrogens with zero attached hydrogens (tertiary/aromatic N) is 1. The van der Waals surface area contributed by atoms with Crippen molar-refractivity contribution in [2.45, 2.75) is 36.6 Å². The summed E-state index contributed by atoms with van der Waals surface area (Å²) in [5, 5.41) is 0. The minimum atomic E-state index is -0.476. The van der Waals surface area contributed by atoms with Crippen LogP contribution in [0.15, 0.2) is 44.9 Å². The van der Waals surface area contributed by atoms with E-state index < -0.39 is 11.9 Å². The highest BCUT2D eigenvalue weighted by atomic mass is 32.2. The van der Waals surface area contributed by atoms with Gasteiger partial charge < -0.3 is 15.2 Å². The van der Waals surface area contributed by atoms with Gasteiger partial charge >= 0.3 is 5.69 Å². The van der Waals surface area contributed by atoms with E-state index in [4.69, 9.17) is 15.2 Å². The Balaban J connectivity index is 1.66. The van der Waals surface area contributed by atoms with Crippen molar-refractivity contribution in [1.82, 2.24) is 9.55 Å². The molecule has 3 N–H and O–H groups in total. The fraction of sp³-hybridized carbons (Fsp3) is 0.412. The average Bonchev–Trinajstić information content (AvgIpc) is 2.97. The van der Waals surface area contributed by atoms with Crippen LogP contribution in [0.1, 0.15) is 18.2 Å². The second kappa shape index (κ2) is 7.47. The summed E-state index contributed by atoms with van der Waals surface area (Å²) in [6.07, 6.45) is 1.42. The smallest absolute Gasteiger partial charge is 0.330 e. The standard InChI is InChI=1S/C17H21N3O4S/c1-10-8-20(17(22)19-16(10)21)15-7-13(18)14(24-15)9-25-12-5-3-11(23-2)4-6-12/h3-6,8,13-15H,7,9,18H2,1-2H3,(H,19,21,22)/t13-,14+,15+/m0/s1. The first-order chi connectivity index (χ1) is 12.0. The van der Waals surface area contributed by atoms with Gasteiger partial charge in [0.15, 0.2) is 0 Å². The van der Waals surface area contributed by atoms with Crippen LogP contribution in [0, 0.1) is 6.92 Å². The quantitative estimate of drug-likeness (QED) is 0.776. The highest BCUT2D eigenvalue weighted by Gasteiger charge is 2.34. The molecule has 7 nitrogen and oxygen atoms in total. The summed E-state index contributed by atoms with van der Waals surface area (Å²) < 4.78 is 12.5. The molecule has 3 rings (SSSR count). The lowest BCUT2D eigenvalue weighted by molar-refractivity contribution is 0.00814. The molecule has 0 unspecified atom stereocenters. The van der Waals surface area contributed by atoms with Crippen LogP contribution in [0.3, 0.4) is 0 Å². The topological polar surface area (TPSA) is 99.3 Å². The third kappa shape index (κ3) is 3.97. The molecule has 0 aliphatic carbocycles. The fourth-order valence-corrected chi connectivity index (χ4v) is 3.75. The molecule has 0 radical (unpaired) electrons. The van der Waals surface area contributed by atoms with E-state index in [1.54, 1.807) is 25.8 Å². The normalized spacial score (nSPS) is 22.9. The molecule has 1 fully saturated rings. The molecule has 134 valence electrons. The van der Waals surface area contributed by atoms with Crippen LogP contribution in [0.2, 0.25) is 0 Å². The van der Waals surface area contributed by atoms with Gasteiger partial charge in [-0.1, -0.05) is 0 Å². The second-order valence-electron chi connectivity index (χ2n) is 5.99. The maximum absolute atomic E-state index is 12.0. The monoisotopic (exact) mass is 363 g/mol. The van der Waals surface area contributed by atoms with Crippen molar-refractivity contribution >= 4 is 11.8 Å². The number of nitrogens with one attached hydrogen (secondary N) is 1. The van der Waals surface area contributed by atoms with Crippen LogP contribution in [0.5, 0.6) is 5.75 Å². The Hall–Kier alpha value is -2.03. The molecule has 1 aromatic carbocycles. The molecule has 2 aromatic rings. The largest absolute Gasteiger partial charge is 0.497 e. The molecule has 2 heterocycles. The molecule has 1 aliphatic rings. The van der Waals surface area contributed by atoms with E-state index in [-0.39, 0.29) is 17.7 Å². The number of rotatable bonds is 5. The van der Waals surface area contributed by atoms with E-state index in [9.17, 15) is 9.59 Å². The number of H-pyrrole nitrogens is 1. The van der Waals surface area contributed by atoms with Gasteiger partial charge in [-0.25, -0.2) is 4.79 Å². The Bertz CT molecular complexity index is 846. The van der Waals surface area contributed by atoms with E-state index in [1.165, 1.54) is 10.8 Å². The summed E-state index contributed by atoms with van der Waals surface area (Å²) in [6, 6.07) is 7.61. The van der Waals surface area contributed by atoms with Crippen LogP contribution in [0.4, 0.5) is 0 Å².